The highest BCUT2D eigenvalue weighted by atomic mass is 32.2. The summed E-state index contributed by atoms with van der Waals surface area (Å²) in [5, 5.41) is 0.781. The first kappa shape index (κ1) is 15.3. The highest BCUT2D eigenvalue weighted by Gasteiger charge is 2.24. The number of benzene rings is 1. The molecule has 0 bridgehead atoms. The molecule has 5 nitrogen and oxygen atoms in total. The second kappa shape index (κ2) is 7.08. The molecular weight excluding hydrogens is 290 g/mol. The topological polar surface area (TPSA) is 65.0 Å². The number of methoxy groups -OCH3 is 1. The van der Waals surface area contributed by atoms with Crippen LogP contribution >= 0.6 is 11.8 Å². The van der Waals surface area contributed by atoms with Crippen molar-refractivity contribution >= 4 is 34.8 Å². The Balaban J connectivity index is 2.04. The molecule has 1 aliphatic rings. The minimum atomic E-state index is -0.424. The summed E-state index contributed by atoms with van der Waals surface area (Å²) in [5.41, 5.74) is 0.888. The van der Waals surface area contributed by atoms with E-state index in [1.54, 1.807) is 18.2 Å². The van der Waals surface area contributed by atoms with Crippen LogP contribution in [0.25, 0.3) is 6.08 Å². The van der Waals surface area contributed by atoms with Gasteiger partial charge in [-0.15, -0.1) is 11.8 Å². The van der Waals surface area contributed by atoms with Crippen LogP contribution in [0.1, 0.15) is 12.5 Å². The van der Waals surface area contributed by atoms with E-state index in [1.807, 2.05) is 18.2 Å². The predicted molar refractivity (Wildman–Crippen MR) is 82.5 cm³/mol. The fourth-order valence-electron chi connectivity index (χ4n) is 1.76. The molecule has 0 N–H and O–H groups in total. The maximum Gasteiger partial charge on any atom is 0.331 e. The minimum absolute atomic E-state index is 0.317. The van der Waals surface area contributed by atoms with Crippen molar-refractivity contribution in [2.45, 2.75) is 13.0 Å². The number of hydrogen-bond acceptors (Lipinski definition) is 6. The lowest BCUT2D eigenvalue weighted by molar-refractivity contribution is -0.141. The molecule has 1 aromatic carbocycles. The fourth-order valence-corrected chi connectivity index (χ4v) is 2.66. The highest BCUT2D eigenvalue weighted by Crippen LogP contribution is 2.21. The van der Waals surface area contributed by atoms with Gasteiger partial charge in [-0.2, -0.15) is 0 Å². The number of rotatable bonds is 4. The van der Waals surface area contributed by atoms with Crippen LogP contribution in [0.4, 0.5) is 0 Å². The molecule has 0 saturated carbocycles. The number of thioether (sulfide) groups is 1. The van der Waals surface area contributed by atoms with Gasteiger partial charge in [0.15, 0.2) is 6.04 Å². The average Bonchev–Trinajstić information content (AvgIpc) is 2.93. The Morgan fingerprint density at radius 2 is 2.19 bits per heavy atom. The van der Waals surface area contributed by atoms with Gasteiger partial charge in [-0.1, -0.05) is 18.2 Å². The van der Waals surface area contributed by atoms with E-state index in [2.05, 4.69) is 9.73 Å². The van der Waals surface area contributed by atoms with Crippen LogP contribution in [0.2, 0.25) is 0 Å². The molecule has 0 fully saturated rings. The molecule has 110 valence electrons. The van der Waals surface area contributed by atoms with Gasteiger partial charge in [0, 0.05) is 12.7 Å². The summed E-state index contributed by atoms with van der Waals surface area (Å²) in [6, 6.07) is 6.75. The van der Waals surface area contributed by atoms with Crippen LogP contribution in [-0.4, -0.2) is 35.9 Å². The van der Waals surface area contributed by atoms with Crippen molar-refractivity contribution in [3.8, 4) is 5.75 Å². The zero-order chi connectivity index (χ0) is 15.2. The summed E-state index contributed by atoms with van der Waals surface area (Å²) in [6.07, 6.45) is 3.69. The fraction of sp³-hybridized carbons (Fsp3) is 0.267. The molecule has 0 unspecified atom stereocenters. The number of aliphatic imine (C=N–C) groups is 1. The highest BCUT2D eigenvalue weighted by molar-refractivity contribution is 8.14. The first-order valence-electron chi connectivity index (χ1n) is 6.33. The van der Waals surface area contributed by atoms with E-state index in [-0.39, 0.29) is 11.9 Å². The molecule has 0 spiro atoms. The quantitative estimate of drug-likeness (QED) is 0.631. The van der Waals surface area contributed by atoms with Crippen molar-refractivity contribution in [2.24, 2.45) is 4.99 Å². The number of esters is 2. The summed E-state index contributed by atoms with van der Waals surface area (Å²) < 4.78 is 9.69. The summed E-state index contributed by atoms with van der Waals surface area (Å²) in [6.45, 7) is 1.36. The number of carbonyl (C=O) groups excluding carboxylic acids is 2. The zero-order valence-corrected chi connectivity index (χ0v) is 12.6. The zero-order valence-electron chi connectivity index (χ0n) is 11.7. The molecule has 0 radical (unpaired) electrons. The first-order valence-corrected chi connectivity index (χ1v) is 7.32. The Hall–Kier alpha value is -2.08. The first-order chi connectivity index (χ1) is 10.1. The van der Waals surface area contributed by atoms with Crippen LogP contribution < -0.4 is 4.74 Å². The van der Waals surface area contributed by atoms with Gasteiger partial charge in [-0.3, -0.25) is 9.79 Å². The van der Waals surface area contributed by atoms with E-state index in [0.29, 0.717) is 11.5 Å². The molecule has 1 aliphatic heterocycles. The molecule has 2 rings (SSSR count). The van der Waals surface area contributed by atoms with Gasteiger partial charge in [0.1, 0.15) is 5.75 Å². The molecule has 0 amide bonds. The van der Waals surface area contributed by atoms with Crippen molar-refractivity contribution in [2.75, 3.05) is 12.9 Å². The van der Waals surface area contributed by atoms with E-state index >= 15 is 0 Å². The Bertz CT molecular complexity index is 609. The van der Waals surface area contributed by atoms with Crippen molar-refractivity contribution in [3.05, 3.63) is 35.9 Å². The third-order valence-corrected chi connectivity index (χ3v) is 3.70. The van der Waals surface area contributed by atoms with Crippen LogP contribution in [0, 0.1) is 0 Å². The van der Waals surface area contributed by atoms with Gasteiger partial charge in [0.25, 0.3) is 0 Å². The number of hydrogen-bond donors (Lipinski definition) is 0. The smallest absolute Gasteiger partial charge is 0.331 e. The third kappa shape index (κ3) is 4.46. The summed E-state index contributed by atoms with van der Waals surface area (Å²) in [7, 11) is 1.36. The third-order valence-electron chi connectivity index (χ3n) is 2.68. The standard InChI is InChI=1S/C15H15NO4S/c1-10(17)20-12-5-3-4-11(8-12)6-7-14-16-13(9-21-14)15(18)19-2/h3-8,13H,9H2,1-2H3/b7-6+/t13-/m1/s1. The Labute approximate surface area is 127 Å². The van der Waals surface area contributed by atoms with E-state index in [4.69, 9.17) is 4.74 Å². The summed E-state index contributed by atoms with van der Waals surface area (Å²) >= 11 is 1.51. The second-order valence-corrected chi connectivity index (χ2v) is 5.36. The summed E-state index contributed by atoms with van der Waals surface area (Å²) in [5.74, 6) is 0.424. The van der Waals surface area contributed by atoms with Crippen molar-refractivity contribution in [1.29, 1.82) is 0 Å². The Kier molecular flexibility index (Phi) is 5.16. The van der Waals surface area contributed by atoms with Gasteiger partial charge in [-0.25, -0.2) is 4.79 Å². The maximum absolute atomic E-state index is 11.4. The van der Waals surface area contributed by atoms with Gasteiger partial charge in [0.05, 0.1) is 12.2 Å². The molecule has 1 atom stereocenters. The number of carbonyl (C=O) groups is 2. The second-order valence-electron chi connectivity index (χ2n) is 4.32. The minimum Gasteiger partial charge on any atom is -0.467 e. The lowest BCUT2D eigenvalue weighted by Crippen LogP contribution is -2.19. The predicted octanol–water partition coefficient (Wildman–Crippen LogP) is 2.31. The van der Waals surface area contributed by atoms with Gasteiger partial charge in [0.2, 0.25) is 0 Å². The maximum atomic E-state index is 11.4. The van der Waals surface area contributed by atoms with Crippen LogP contribution in [0.15, 0.2) is 35.3 Å². The van der Waals surface area contributed by atoms with Crippen LogP contribution in [0.5, 0.6) is 5.75 Å². The lowest BCUT2D eigenvalue weighted by atomic mass is 10.2. The molecule has 1 heterocycles. The van der Waals surface area contributed by atoms with E-state index in [1.165, 1.54) is 25.8 Å². The normalized spacial score (nSPS) is 17.6. The number of nitrogens with zero attached hydrogens (tertiary/aromatic N) is 1. The van der Waals surface area contributed by atoms with Crippen molar-refractivity contribution in [1.82, 2.24) is 0 Å². The molecule has 6 heteroatoms. The molecule has 0 aromatic heterocycles. The van der Waals surface area contributed by atoms with Gasteiger partial charge < -0.3 is 9.47 Å². The average molecular weight is 305 g/mol. The monoisotopic (exact) mass is 305 g/mol. The van der Waals surface area contributed by atoms with Gasteiger partial charge in [-0.05, 0) is 23.8 Å². The van der Waals surface area contributed by atoms with Crippen molar-refractivity contribution < 1.29 is 19.1 Å². The van der Waals surface area contributed by atoms with E-state index < -0.39 is 6.04 Å². The van der Waals surface area contributed by atoms with Gasteiger partial charge >= 0.3 is 11.9 Å². The largest absolute Gasteiger partial charge is 0.467 e. The number of ether oxygens (including phenoxy) is 2. The Morgan fingerprint density at radius 1 is 1.38 bits per heavy atom. The van der Waals surface area contributed by atoms with E-state index in [0.717, 1.165) is 10.6 Å². The molecule has 0 aliphatic carbocycles. The molecular formula is C15H15NO4S. The molecule has 21 heavy (non-hydrogen) atoms. The SMILES string of the molecule is COC(=O)[C@H]1CSC(/C=C/c2cccc(OC(C)=O)c2)=N1. The molecule has 0 saturated heterocycles. The lowest BCUT2D eigenvalue weighted by Gasteiger charge is -2.01. The van der Waals surface area contributed by atoms with E-state index in [9.17, 15) is 9.59 Å². The summed E-state index contributed by atoms with van der Waals surface area (Å²) in [4.78, 5) is 26.6. The Morgan fingerprint density at radius 3 is 2.90 bits per heavy atom. The van der Waals surface area contributed by atoms with Crippen LogP contribution in [-0.2, 0) is 14.3 Å². The van der Waals surface area contributed by atoms with Crippen LogP contribution in [0.3, 0.4) is 0 Å². The van der Waals surface area contributed by atoms with Crippen molar-refractivity contribution in [3.63, 3.8) is 0 Å². The molecule has 1 aromatic rings.